The molecule has 1 aliphatic heterocycles. The van der Waals surface area contributed by atoms with Crippen molar-refractivity contribution >= 4 is 23.9 Å². The molecule has 1 aromatic heterocycles. The van der Waals surface area contributed by atoms with Crippen LogP contribution < -0.4 is 13.7 Å². The molecule has 2 nitrogen and oxygen atoms in total. The minimum atomic E-state index is 0.287. The first kappa shape index (κ1) is 11.7. The second-order valence-corrected chi connectivity index (χ2v) is 6.77. The number of hydrogen-bond acceptors (Lipinski definition) is 2. The first-order valence-corrected chi connectivity index (χ1v) is 8.12. The van der Waals surface area contributed by atoms with Gasteiger partial charge in [-0.1, -0.05) is 0 Å². The van der Waals surface area contributed by atoms with E-state index in [1.54, 1.807) is 0 Å². The zero-order chi connectivity index (χ0) is 13.4. The summed E-state index contributed by atoms with van der Waals surface area (Å²) in [4.78, 5) is 4.44. The van der Waals surface area contributed by atoms with Crippen molar-refractivity contribution in [2.45, 2.75) is 0 Å². The first-order valence-electron chi connectivity index (χ1n) is 6.41. The predicted molar refractivity (Wildman–Crippen MR) is 81.2 cm³/mol. The quantitative estimate of drug-likeness (QED) is 0.502. The van der Waals surface area contributed by atoms with Crippen molar-refractivity contribution in [3.8, 4) is 22.8 Å². The van der Waals surface area contributed by atoms with Crippen LogP contribution in [0.15, 0.2) is 66.9 Å². The Morgan fingerprint density at radius 1 is 0.800 bits per heavy atom. The van der Waals surface area contributed by atoms with E-state index < -0.39 is 0 Å². The van der Waals surface area contributed by atoms with Crippen molar-refractivity contribution in [2.24, 2.45) is 0 Å². The van der Waals surface area contributed by atoms with E-state index in [1.165, 1.54) is 8.92 Å². The van der Waals surface area contributed by atoms with Crippen molar-refractivity contribution in [1.82, 2.24) is 4.98 Å². The number of pyridine rings is 1. The Kier molecular flexibility index (Phi) is 2.80. The summed E-state index contributed by atoms with van der Waals surface area (Å²) in [7, 11) is 0. The molecule has 0 spiro atoms. The summed E-state index contributed by atoms with van der Waals surface area (Å²) in [5.41, 5.74) is 2.03. The van der Waals surface area contributed by atoms with Crippen molar-refractivity contribution in [2.75, 3.05) is 0 Å². The Balaban J connectivity index is 1.87. The average Bonchev–Trinajstić information content (AvgIpc) is 2.53. The van der Waals surface area contributed by atoms with E-state index in [0.29, 0.717) is 0 Å². The van der Waals surface area contributed by atoms with Crippen LogP contribution in [0.5, 0.6) is 11.5 Å². The number of aromatic nitrogens is 1. The summed E-state index contributed by atoms with van der Waals surface area (Å²) < 4.78 is 8.71. The van der Waals surface area contributed by atoms with Crippen LogP contribution >= 0.6 is 0 Å². The second-order valence-electron chi connectivity index (χ2n) is 4.50. The SMILES string of the molecule is c1ccc(-c2cccc3c2Oc2ccccc2[Se]3)nc1. The molecule has 2 heterocycles. The van der Waals surface area contributed by atoms with Crippen molar-refractivity contribution in [3.63, 3.8) is 0 Å². The summed E-state index contributed by atoms with van der Waals surface area (Å²) >= 11 is 0.287. The molecular weight excluding hydrogens is 313 g/mol. The summed E-state index contributed by atoms with van der Waals surface area (Å²) in [6.07, 6.45) is 1.82. The van der Waals surface area contributed by atoms with Gasteiger partial charge in [0.05, 0.1) is 0 Å². The molecule has 0 unspecified atom stereocenters. The van der Waals surface area contributed by atoms with Crippen LogP contribution in [-0.2, 0) is 0 Å². The van der Waals surface area contributed by atoms with E-state index in [0.717, 1.165) is 22.8 Å². The van der Waals surface area contributed by atoms with E-state index in [1.807, 2.05) is 36.5 Å². The van der Waals surface area contributed by atoms with Crippen molar-refractivity contribution < 1.29 is 4.74 Å². The Morgan fingerprint density at radius 3 is 2.55 bits per heavy atom. The number of benzene rings is 2. The molecule has 3 heteroatoms. The van der Waals surface area contributed by atoms with Crippen molar-refractivity contribution in [3.05, 3.63) is 66.9 Å². The van der Waals surface area contributed by atoms with Gasteiger partial charge in [-0.2, -0.15) is 0 Å². The zero-order valence-corrected chi connectivity index (χ0v) is 12.3. The maximum absolute atomic E-state index is 6.14. The zero-order valence-electron chi connectivity index (χ0n) is 10.6. The number of fused-ring (bicyclic) bond motifs is 2. The van der Waals surface area contributed by atoms with Gasteiger partial charge < -0.3 is 0 Å². The van der Waals surface area contributed by atoms with E-state index in [4.69, 9.17) is 4.74 Å². The fraction of sp³-hybridized carbons (Fsp3) is 0. The van der Waals surface area contributed by atoms with E-state index >= 15 is 0 Å². The van der Waals surface area contributed by atoms with Gasteiger partial charge in [-0.05, 0) is 0 Å². The fourth-order valence-electron chi connectivity index (χ4n) is 2.27. The van der Waals surface area contributed by atoms with Crippen LogP contribution in [0.1, 0.15) is 0 Å². The maximum atomic E-state index is 6.14. The summed E-state index contributed by atoms with van der Waals surface area (Å²) in [6.45, 7) is 0. The molecule has 4 rings (SSSR count). The number of hydrogen-bond donors (Lipinski definition) is 0. The van der Waals surface area contributed by atoms with Gasteiger partial charge in [-0.3, -0.25) is 0 Å². The van der Waals surface area contributed by atoms with Crippen LogP contribution in [-0.4, -0.2) is 19.9 Å². The van der Waals surface area contributed by atoms with Crippen LogP contribution in [0.3, 0.4) is 0 Å². The molecule has 20 heavy (non-hydrogen) atoms. The first-order chi connectivity index (χ1) is 9.92. The third-order valence-electron chi connectivity index (χ3n) is 3.20. The summed E-state index contributed by atoms with van der Waals surface area (Å²) in [6, 6.07) is 20.5. The molecule has 0 atom stereocenters. The standard InChI is InChI=1S/C17H11NOSe/c1-2-9-15-14(8-1)19-17-12(6-5-10-16(17)20-15)13-7-3-4-11-18-13/h1-11H. The topological polar surface area (TPSA) is 22.1 Å². The summed E-state index contributed by atoms with van der Waals surface area (Å²) in [5, 5.41) is 0. The minimum absolute atomic E-state index is 0.287. The molecule has 1 aliphatic rings. The Labute approximate surface area is 123 Å². The molecule has 0 saturated carbocycles. The number of ether oxygens (including phenoxy) is 1. The Bertz CT molecular complexity index is 771. The van der Waals surface area contributed by atoms with Crippen LogP contribution in [0.2, 0.25) is 0 Å². The molecule has 0 fully saturated rings. The van der Waals surface area contributed by atoms with Gasteiger partial charge in [0.2, 0.25) is 0 Å². The molecule has 0 bridgehead atoms. The summed E-state index contributed by atoms with van der Waals surface area (Å²) in [5.74, 6) is 1.94. The molecule has 0 aliphatic carbocycles. The van der Waals surface area contributed by atoms with E-state index in [-0.39, 0.29) is 15.0 Å². The Hall–Kier alpha value is -2.09. The molecule has 0 saturated heterocycles. The molecule has 0 amide bonds. The van der Waals surface area contributed by atoms with Gasteiger partial charge in [0.15, 0.2) is 0 Å². The van der Waals surface area contributed by atoms with Gasteiger partial charge >= 0.3 is 123 Å². The normalized spacial score (nSPS) is 12.2. The van der Waals surface area contributed by atoms with Crippen LogP contribution in [0.4, 0.5) is 0 Å². The van der Waals surface area contributed by atoms with E-state index in [9.17, 15) is 0 Å². The van der Waals surface area contributed by atoms with Gasteiger partial charge in [-0.15, -0.1) is 0 Å². The van der Waals surface area contributed by atoms with E-state index in [2.05, 4.69) is 35.3 Å². The van der Waals surface area contributed by atoms with Gasteiger partial charge in [0.1, 0.15) is 0 Å². The fourth-order valence-corrected chi connectivity index (χ4v) is 4.34. The molecule has 0 N–H and O–H groups in total. The average molecular weight is 324 g/mol. The molecule has 96 valence electrons. The monoisotopic (exact) mass is 325 g/mol. The third-order valence-corrected chi connectivity index (χ3v) is 5.51. The molecule has 3 aromatic rings. The third kappa shape index (κ3) is 1.92. The molecular formula is C17H11NOSe. The van der Waals surface area contributed by atoms with Gasteiger partial charge in [0.25, 0.3) is 0 Å². The number of nitrogens with zero attached hydrogens (tertiary/aromatic N) is 1. The molecule has 0 radical (unpaired) electrons. The molecule has 2 aromatic carbocycles. The van der Waals surface area contributed by atoms with Gasteiger partial charge in [0, 0.05) is 0 Å². The van der Waals surface area contributed by atoms with Gasteiger partial charge in [-0.25, -0.2) is 0 Å². The number of rotatable bonds is 1. The van der Waals surface area contributed by atoms with Crippen molar-refractivity contribution in [1.29, 1.82) is 0 Å². The number of para-hydroxylation sites is 2. The predicted octanol–water partition coefficient (Wildman–Crippen LogP) is 2.51. The Morgan fingerprint density at radius 2 is 1.65 bits per heavy atom. The van der Waals surface area contributed by atoms with Crippen LogP contribution in [0, 0.1) is 0 Å². The second kappa shape index (κ2) is 4.78. The van der Waals surface area contributed by atoms with Crippen LogP contribution in [0.25, 0.3) is 11.3 Å².